The number of aliphatic imine (C=N–C) groups is 1. The summed E-state index contributed by atoms with van der Waals surface area (Å²) in [6, 6.07) is 16.2. The predicted molar refractivity (Wildman–Crippen MR) is 144 cm³/mol. The number of nitrogens with one attached hydrogen (secondary N) is 1. The second-order valence-corrected chi connectivity index (χ2v) is 10.1. The summed E-state index contributed by atoms with van der Waals surface area (Å²) in [5.74, 6) is 0.819. The van der Waals surface area contributed by atoms with Gasteiger partial charge in [-0.15, -0.1) is 0 Å². The maximum absolute atomic E-state index is 12.5. The van der Waals surface area contributed by atoms with Gasteiger partial charge in [-0.2, -0.15) is 0 Å². The molecule has 10 heteroatoms. The molecular formula is C24H16BrCl3N2O3S. The van der Waals surface area contributed by atoms with Crippen LogP contribution in [0.15, 0.2) is 69.0 Å². The van der Waals surface area contributed by atoms with E-state index >= 15 is 0 Å². The van der Waals surface area contributed by atoms with Crippen molar-refractivity contribution in [3.8, 4) is 11.5 Å². The lowest BCUT2D eigenvalue weighted by Gasteiger charge is -2.14. The molecule has 3 aromatic rings. The lowest BCUT2D eigenvalue weighted by atomic mass is 10.2. The predicted octanol–water partition coefficient (Wildman–Crippen LogP) is 7.89. The lowest BCUT2D eigenvalue weighted by Crippen LogP contribution is -2.19. The van der Waals surface area contributed by atoms with E-state index in [0.717, 1.165) is 11.1 Å². The van der Waals surface area contributed by atoms with Gasteiger partial charge in [-0.3, -0.25) is 4.79 Å². The topological polar surface area (TPSA) is 59.9 Å². The van der Waals surface area contributed by atoms with Crippen LogP contribution in [0.1, 0.15) is 11.1 Å². The van der Waals surface area contributed by atoms with Crippen LogP contribution in [0.3, 0.4) is 0 Å². The molecule has 34 heavy (non-hydrogen) atoms. The Morgan fingerprint density at radius 2 is 1.88 bits per heavy atom. The van der Waals surface area contributed by atoms with Gasteiger partial charge in [-0.1, -0.05) is 53.0 Å². The van der Waals surface area contributed by atoms with Gasteiger partial charge in [-0.25, -0.2) is 4.99 Å². The zero-order valence-corrected chi connectivity index (χ0v) is 22.2. The van der Waals surface area contributed by atoms with Crippen molar-refractivity contribution in [3.63, 3.8) is 0 Å². The smallest absolute Gasteiger partial charge is 0.264 e. The molecule has 174 valence electrons. The Kier molecular flexibility index (Phi) is 8.11. The number of benzene rings is 3. The van der Waals surface area contributed by atoms with Crippen molar-refractivity contribution in [3.05, 3.63) is 90.2 Å². The van der Waals surface area contributed by atoms with Gasteiger partial charge in [0, 0.05) is 5.02 Å². The fourth-order valence-electron chi connectivity index (χ4n) is 3.02. The summed E-state index contributed by atoms with van der Waals surface area (Å²) >= 11 is 22.9. The molecule has 0 aromatic heterocycles. The summed E-state index contributed by atoms with van der Waals surface area (Å²) in [5, 5.41) is 4.54. The molecule has 0 aliphatic carbocycles. The molecule has 4 rings (SSSR count). The van der Waals surface area contributed by atoms with Gasteiger partial charge in [0.05, 0.1) is 32.2 Å². The van der Waals surface area contributed by atoms with Crippen LogP contribution in [0, 0.1) is 0 Å². The summed E-state index contributed by atoms with van der Waals surface area (Å²) in [4.78, 5) is 17.4. The second kappa shape index (κ2) is 11.1. The van der Waals surface area contributed by atoms with E-state index in [-0.39, 0.29) is 5.91 Å². The average molecular weight is 599 g/mol. The molecule has 1 aliphatic heterocycles. The average Bonchev–Trinajstić information content (AvgIpc) is 3.15. The molecule has 3 aromatic carbocycles. The number of amidine groups is 1. The monoisotopic (exact) mass is 596 g/mol. The highest BCUT2D eigenvalue weighted by Crippen LogP contribution is 2.39. The minimum absolute atomic E-state index is 0.264. The van der Waals surface area contributed by atoms with Gasteiger partial charge in [-0.05, 0) is 81.3 Å². The fraction of sp³-hybridized carbons (Fsp3) is 0.0833. The number of carbonyl (C=O) groups excluding carboxylic acids is 1. The lowest BCUT2D eigenvalue weighted by molar-refractivity contribution is -0.115. The maximum Gasteiger partial charge on any atom is 0.264 e. The van der Waals surface area contributed by atoms with Crippen molar-refractivity contribution in [1.29, 1.82) is 0 Å². The first-order valence-corrected chi connectivity index (χ1v) is 12.6. The Morgan fingerprint density at radius 3 is 2.62 bits per heavy atom. The summed E-state index contributed by atoms with van der Waals surface area (Å²) in [7, 11) is 1.56. The highest BCUT2D eigenvalue weighted by molar-refractivity contribution is 9.10. The van der Waals surface area contributed by atoms with Gasteiger partial charge >= 0.3 is 0 Å². The zero-order valence-electron chi connectivity index (χ0n) is 17.6. The Hall–Kier alpha value is -2.16. The highest BCUT2D eigenvalue weighted by atomic mass is 79.9. The van der Waals surface area contributed by atoms with Crippen molar-refractivity contribution in [2.45, 2.75) is 6.61 Å². The first-order valence-electron chi connectivity index (χ1n) is 9.82. The molecule has 0 saturated carbocycles. The number of halogens is 4. The van der Waals surface area contributed by atoms with E-state index < -0.39 is 0 Å². The van der Waals surface area contributed by atoms with Crippen LogP contribution < -0.4 is 14.8 Å². The summed E-state index contributed by atoms with van der Waals surface area (Å²) in [6.45, 7) is 0.344. The summed E-state index contributed by atoms with van der Waals surface area (Å²) < 4.78 is 12.2. The molecular weight excluding hydrogens is 583 g/mol. The quantitative estimate of drug-likeness (QED) is 0.293. The normalized spacial score (nSPS) is 15.6. The molecule has 0 unspecified atom stereocenters. The minimum Gasteiger partial charge on any atom is -0.493 e. The number of amides is 1. The molecule has 0 spiro atoms. The third-order valence-electron chi connectivity index (χ3n) is 4.65. The van der Waals surface area contributed by atoms with Crippen molar-refractivity contribution in [2.24, 2.45) is 4.99 Å². The summed E-state index contributed by atoms with van der Waals surface area (Å²) in [6.07, 6.45) is 1.75. The number of nitrogens with zero attached hydrogens (tertiary/aromatic N) is 1. The SMILES string of the molecule is COc1cc(/C=C2/SC(=Nc3cccc(Cl)c3Cl)NC2=O)cc(Br)c1OCc1ccc(Cl)cc1. The third-order valence-corrected chi connectivity index (χ3v) is 7.21. The standard InChI is InChI=1S/C24H16BrCl3N2O3S/c1-32-19-10-14(9-16(25)22(19)33-12-13-5-7-15(26)8-6-13)11-20-23(31)30-24(34-20)29-18-4-2-3-17(27)21(18)28/h2-11H,12H2,1H3,(H,29,30,31)/b20-11+. The Balaban J connectivity index is 1.54. The molecule has 0 radical (unpaired) electrons. The van der Waals surface area contributed by atoms with Crippen LogP contribution >= 0.6 is 62.5 Å². The molecule has 0 atom stereocenters. The van der Waals surface area contributed by atoms with Gasteiger partial charge in [0.1, 0.15) is 6.61 Å². The van der Waals surface area contributed by atoms with E-state index in [4.69, 9.17) is 44.3 Å². The Bertz CT molecular complexity index is 1310. The number of methoxy groups -OCH3 is 1. The molecule has 1 saturated heterocycles. The number of rotatable bonds is 6. The van der Waals surface area contributed by atoms with E-state index in [1.165, 1.54) is 11.8 Å². The maximum atomic E-state index is 12.5. The van der Waals surface area contributed by atoms with Gasteiger partial charge in [0.25, 0.3) is 5.91 Å². The number of thioether (sulfide) groups is 1. The Labute approximate surface area is 224 Å². The largest absolute Gasteiger partial charge is 0.493 e. The van der Waals surface area contributed by atoms with Crippen LogP contribution in [-0.2, 0) is 11.4 Å². The van der Waals surface area contributed by atoms with Crippen LogP contribution in [0.5, 0.6) is 11.5 Å². The van der Waals surface area contributed by atoms with E-state index in [9.17, 15) is 4.79 Å². The van der Waals surface area contributed by atoms with Gasteiger partial charge in [0.2, 0.25) is 0 Å². The highest BCUT2D eigenvalue weighted by Gasteiger charge is 2.24. The van der Waals surface area contributed by atoms with Crippen LogP contribution in [0.4, 0.5) is 5.69 Å². The third kappa shape index (κ3) is 5.90. The van der Waals surface area contributed by atoms with E-state index in [1.807, 2.05) is 30.3 Å². The molecule has 1 heterocycles. The number of hydrogen-bond acceptors (Lipinski definition) is 5. The van der Waals surface area contributed by atoms with E-state index in [0.29, 0.717) is 53.4 Å². The fourth-order valence-corrected chi connectivity index (χ4v) is 4.89. The van der Waals surface area contributed by atoms with Crippen molar-refractivity contribution < 1.29 is 14.3 Å². The van der Waals surface area contributed by atoms with E-state index in [1.54, 1.807) is 37.5 Å². The Morgan fingerprint density at radius 1 is 1.12 bits per heavy atom. The van der Waals surface area contributed by atoms with Crippen molar-refractivity contribution in [1.82, 2.24) is 5.32 Å². The van der Waals surface area contributed by atoms with E-state index in [2.05, 4.69) is 26.2 Å². The van der Waals surface area contributed by atoms with Gasteiger partial charge < -0.3 is 14.8 Å². The second-order valence-electron chi connectivity index (χ2n) is 7.00. The molecule has 1 amide bonds. The molecule has 0 bridgehead atoms. The van der Waals surface area contributed by atoms with Crippen LogP contribution in [0.2, 0.25) is 15.1 Å². The molecule has 5 nitrogen and oxygen atoms in total. The number of hydrogen-bond donors (Lipinski definition) is 1. The summed E-state index contributed by atoms with van der Waals surface area (Å²) in [5.41, 5.74) is 2.20. The number of ether oxygens (including phenoxy) is 2. The molecule has 1 N–H and O–H groups in total. The molecule has 1 aliphatic rings. The minimum atomic E-state index is -0.264. The molecule has 1 fully saturated rings. The van der Waals surface area contributed by atoms with Crippen molar-refractivity contribution >= 4 is 85.3 Å². The zero-order chi connectivity index (χ0) is 24.2. The number of carbonyl (C=O) groups is 1. The van der Waals surface area contributed by atoms with Crippen molar-refractivity contribution in [2.75, 3.05) is 7.11 Å². The van der Waals surface area contributed by atoms with Crippen LogP contribution in [-0.4, -0.2) is 18.2 Å². The first-order chi connectivity index (χ1) is 16.3. The van der Waals surface area contributed by atoms with Gasteiger partial charge in [0.15, 0.2) is 16.7 Å². The van der Waals surface area contributed by atoms with Crippen LogP contribution in [0.25, 0.3) is 6.08 Å². The first kappa shape index (κ1) is 24.9.